The number of aliphatic hydroxyl groups excluding tert-OH is 1. The van der Waals surface area contributed by atoms with Crippen molar-refractivity contribution >= 4 is 5.91 Å². The van der Waals surface area contributed by atoms with Gasteiger partial charge in [-0.15, -0.1) is 0 Å². The van der Waals surface area contributed by atoms with E-state index < -0.39 is 12.0 Å². The molecule has 0 saturated carbocycles. The van der Waals surface area contributed by atoms with Crippen molar-refractivity contribution in [2.24, 2.45) is 0 Å². The van der Waals surface area contributed by atoms with Crippen LogP contribution in [0, 0.1) is 0 Å². The first-order chi connectivity index (χ1) is 8.49. The van der Waals surface area contributed by atoms with Gasteiger partial charge in [0.25, 0.3) is 0 Å². The predicted octanol–water partition coefficient (Wildman–Crippen LogP) is 0.975. The maximum absolute atomic E-state index is 11.3. The normalized spacial score (nSPS) is 11.8. The summed E-state index contributed by atoms with van der Waals surface area (Å²) in [4.78, 5) is 11.3. The van der Waals surface area contributed by atoms with Gasteiger partial charge in [0.15, 0.2) is 11.5 Å². The monoisotopic (exact) mass is 255 g/mol. The van der Waals surface area contributed by atoms with Gasteiger partial charge in [0.1, 0.15) is 0 Å². The third-order valence-corrected chi connectivity index (χ3v) is 2.52. The molecule has 1 amide bonds. The highest BCUT2D eigenvalue weighted by Crippen LogP contribution is 2.30. The van der Waals surface area contributed by atoms with Crippen molar-refractivity contribution in [2.45, 2.75) is 12.5 Å². The number of hydrogen-bond acceptors (Lipinski definition) is 5. The summed E-state index contributed by atoms with van der Waals surface area (Å²) in [5.41, 5.74) is 0.517. The molecule has 6 heteroatoms. The van der Waals surface area contributed by atoms with E-state index in [1.165, 1.54) is 21.3 Å². The highest BCUT2D eigenvalue weighted by molar-refractivity contribution is 5.75. The molecule has 2 N–H and O–H groups in total. The number of rotatable bonds is 5. The smallest absolute Gasteiger partial charge is 0.248 e. The quantitative estimate of drug-likeness (QED) is 0.605. The van der Waals surface area contributed by atoms with Crippen molar-refractivity contribution in [1.82, 2.24) is 5.06 Å². The third-order valence-electron chi connectivity index (χ3n) is 2.52. The Bertz CT molecular complexity index is 419. The molecular weight excluding hydrogens is 238 g/mol. The van der Waals surface area contributed by atoms with Gasteiger partial charge < -0.3 is 14.6 Å². The minimum absolute atomic E-state index is 0.206. The number of aliphatic hydroxyl groups is 1. The van der Waals surface area contributed by atoms with Gasteiger partial charge >= 0.3 is 0 Å². The molecule has 6 nitrogen and oxygen atoms in total. The van der Waals surface area contributed by atoms with E-state index in [0.29, 0.717) is 22.1 Å². The van der Waals surface area contributed by atoms with Crippen LogP contribution in [0.2, 0.25) is 0 Å². The van der Waals surface area contributed by atoms with E-state index in [9.17, 15) is 9.90 Å². The van der Waals surface area contributed by atoms with Crippen molar-refractivity contribution in [3.8, 4) is 11.5 Å². The van der Waals surface area contributed by atoms with E-state index in [0.717, 1.165) is 0 Å². The molecule has 0 aliphatic carbocycles. The summed E-state index contributed by atoms with van der Waals surface area (Å²) in [6, 6.07) is 4.87. The van der Waals surface area contributed by atoms with Crippen LogP contribution in [-0.2, 0) is 4.79 Å². The van der Waals surface area contributed by atoms with Crippen LogP contribution < -0.4 is 9.47 Å². The van der Waals surface area contributed by atoms with Gasteiger partial charge in [-0.05, 0) is 17.7 Å². The molecule has 0 aliphatic heterocycles. The first-order valence-corrected chi connectivity index (χ1v) is 5.35. The SMILES string of the molecule is COc1ccc(C(O)CC(=O)N(C)O)cc1OC. The molecule has 1 unspecified atom stereocenters. The number of amides is 1. The Balaban J connectivity index is 2.86. The number of nitrogens with zero attached hydrogens (tertiary/aromatic N) is 1. The van der Waals surface area contributed by atoms with E-state index in [-0.39, 0.29) is 6.42 Å². The van der Waals surface area contributed by atoms with Gasteiger partial charge in [0.2, 0.25) is 5.91 Å². The summed E-state index contributed by atoms with van der Waals surface area (Å²) < 4.78 is 10.2. The van der Waals surface area contributed by atoms with Crippen LogP contribution in [-0.4, -0.2) is 42.6 Å². The number of carbonyl (C=O) groups excluding carboxylic acids is 1. The van der Waals surface area contributed by atoms with Gasteiger partial charge in [-0.1, -0.05) is 6.07 Å². The summed E-state index contributed by atoms with van der Waals surface area (Å²) in [6.45, 7) is 0. The van der Waals surface area contributed by atoms with Crippen LogP contribution in [0.5, 0.6) is 11.5 Å². The van der Waals surface area contributed by atoms with Crippen LogP contribution in [0.25, 0.3) is 0 Å². The molecule has 18 heavy (non-hydrogen) atoms. The fourth-order valence-electron chi connectivity index (χ4n) is 1.48. The summed E-state index contributed by atoms with van der Waals surface area (Å²) in [7, 11) is 4.21. The second-order valence-corrected chi connectivity index (χ2v) is 3.75. The first-order valence-electron chi connectivity index (χ1n) is 5.35. The van der Waals surface area contributed by atoms with Crippen molar-refractivity contribution in [2.75, 3.05) is 21.3 Å². The average Bonchev–Trinajstić information content (AvgIpc) is 2.37. The third kappa shape index (κ3) is 3.35. The first kappa shape index (κ1) is 14.3. The number of methoxy groups -OCH3 is 2. The Kier molecular flexibility index (Phi) is 4.94. The maximum Gasteiger partial charge on any atom is 0.248 e. The molecule has 0 bridgehead atoms. The average molecular weight is 255 g/mol. The molecule has 0 fully saturated rings. The number of ether oxygens (including phenoxy) is 2. The fourth-order valence-corrected chi connectivity index (χ4v) is 1.48. The van der Waals surface area contributed by atoms with Crippen molar-refractivity contribution in [3.05, 3.63) is 23.8 Å². The zero-order valence-corrected chi connectivity index (χ0v) is 10.6. The lowest BCUT2D eigenvalue weighted by molar-refractivity contribution is -0.161. The molecule has 0 heterocycles. The lowest BCUT2D eigenvalue weighted by Crippen LogP contribution is -2.24. The molecule has 100 valence electrons. The van der Waals surface area contributed by atoms with Gasteiger partial charge in [0.05, 0.1) is 26.7 Å². The van der Waals surface area contributed by atoms with E-state index in [1.807, 2.05) is 0 Å². The van der Waals surface area contributed by atoms with Gasteiger partial charge in [-0.3, -0.25) is 10.0 Å². The standard InChI is InChI=1S/C12H17NO5/c1-13(16)12(15)7-9(14)8-4-5-10(17-2)11(6-8)18-3/h4-6,9,14,16H,7H2,1-3H3. The molecule has 0 radical (unpaired) electrons. The Morgan fingerprint density at radius 2 is 1.94 bits per heavy atom. The van der Waals surface area contributed by atoms with Gasteiger partial charge in [-0.2, -0.15) is 0 Å². The second kappa shape index (κ2) is 6.23. The zero-order chi connectivity index (χ0) is 13.7. The molecule has 1 rings (SSSR count). The molecule has 0 aliphatic rings. The molecule has 1 atom stereocenters. The van der Waals surface area contributed by atoms with E-state index in [4.69, 9.17) is 14.7 Å². The Labute approximate surface area is 105 Å². The Morgan fingerprint density at radius 1 is 1.33 bits per heavy atom. The van der Waals surface area contributed by atoms with Crippen LogP contribution in [0.3, 0.4) is 0 Å². The summed E-state index contributed by atoms with van der Waals surface area (Å²) in [5, 5.41) is 19.2. The minimum atomic E-state index is -1.01. The van der Waals surface area contributed by atoms with Gasteiger partial charge in [-0.25, -0.2) is 5.06 Å². The van der Waals surface area contributed by atoms with Crippen molar-refractivity contribution < 1.29 is 24.6 Å². The summed E-state index contributed by atoms with van der Waals surface area (Å²) in [5.74, 6) is 0.440. The molecule has 0 aromatic heterocycles. The molecule has 0 spiro atoms. The zero-order valence-electron chi connectivity index (χ0n) is 10.6. The second-order valence-electron chi connectivity index (χ2n) is 3.75. The predicted molar refractivity (Wildman–Crippen MR) is 63.7 cm³/mol. The minimum Gasteiger partial charge on any atom is -0.493 e. The molecule has 1 aromatic rings. The van der Waals surface area contributed by atoms with Crippen LogP contribution >= 0.6 is 0 Å². The van der Waals surface area contributed by atoms with Crippen molar-refractivity contribution in [1.29, 1.82) is 0 Å². The van der Waals surface area contributed by atoms with Crippen LogP contribution in [0.1, 0.15) is 18.1 Å². The number of hydroxylamine groups is 2. The lowest BCUT2D eigenvalue weighted by atomic mass is 10.1. The van der Waals surface area contributed by atoms with E-state index in [1.54, 1.807) is 18.2 Å². The van der Waals surface area contributed by atoms with Crippen molar-refractivity contribution in [3.63, 3.8) is 0 Å². The highest BCUT2D eigenvalue weighted by Gasteiger charge is 2.17. The molecule has 0 saturated heterocycles. The summed E-state index contributed by atoms with van der Waals surface area (Å²) in [6.07, 6.45) is -1.21. The fraction of sp³-hybridized carbons (Fsp3) is 0.417. The maximum atomic E-state index is 11.3. The Hall–Kier alpha value is -1.79. The number of benzene rings is 1. The molecular formula is C12H17NO5. The van der Waals surface area contributed by atoms with Crippen LogP contribution in [0.15, 0.2) is 18.2 Å². The summed E-state index contributed by atoms with van der Waals surface area (Å²) >= 11 is 0. The van der Waals surface area contributed by atoms with E-state index in [2.05, 4.69) is 0 Å². The molecule has 1 aromatic carbocycles. The number of hydrogen-bond donors (Lipinski definition) is 2. The van der Waals surface area contributed by atoms with Gasteiger partial charge in [0, 0.05) is 7.05 Å². The topological polar surface area (TPSA) is 79.2 Å². The largest absolute Gasteiger partial charge is 0.493 e. The Morgan fingerprint density at radius 3 is 2.44 bits per heavy atom. The highest BCUT2D eigenvalue weighted by atomic mass is 16.5. The van der Waals surface area contributed by atoms with E-state index >= 15 is 0 Å². The lowest BCUT2D eigenvalue weighted by Gasteiger charge is -2.15. The number of carbonyl (C=O) groups is 1. The van der Waals surface area contributed by atoms with Crippen LogP contribution in [0.4, 0.5) is 0 Å².